The van der Waals surface area contributed by atoms with Crippen molar-refractivity contribution in [2.45, 2.75) is 57.5 Å². The summed E-state index contributed by atoms with van der Waals surface area (Å²) in [5.41, 5.74) is 2.80. The van der Waals surface area contributed by atoms with Crippen molar-refractivity contribution in [3.63, 3.8) is 0 Å². The molecule has 0 bridgehead atoms. The number of fused-ring (bicyclic) bond motifs is 3. The maximum atomic E-state index is 13.3. The first-order valence-corrected chi connectivity index (χ1v) is 12.6. The first-order valence-electron chi connectivity index (χ1n) is 12.6. The van der Waals surface area contributed by atoms with E-state index in [1.807, 2.05) is 38.3 Å². The van der Waals surface area contributed by atoms with Gasteiger partial charge in [-0.1, -0.05) is 25.0 Å². The van der Waals surface area contributed by atoms with Gasteiger partial charge in [-0.3, -0.25) is 18.7 Å². The molecule has 1 fully saturated rings. The molecular weight excluding hydrogens is 442 g/mol. The summed E-state index contributed by atoms with van der Waals surface area (Å²) in [5.74, 6) is 0.780. The third-order valence-corrected chi connectivity index (χ3v) is 7.55. The van der Waals surface area contributed by atoms with Gasteiger partial charge in [0, 0.05) is 37.7 Å². The number of H-pyrrole nitrogens is 1. The van der Waals surface area contributed by atoms with E-state index < -0.39 is 0 Å². The molecule has 2 aliphatic heterocycles. The largest absolute Gasteiger partial charge is 0.338 e. The molecule has 0 radical (unpaired) electrons. The maximum Gasteiger partial charge on any atom is 0.326 e. The fourth-order valence-electron chi connectivity index (χ4n) is 5.67. The molecule has 4 heterocycles. The van der Waals surface area contributed by atoms with Crippen molar-refractivity contribution in [2.24, 2.45) is 0 Å². The number of amides is 1. The van der Waals surface area contributed by atoms with Crippen molar-refractivity contribution in [1.82, 2.24) is 24.0 Å². The quantitative estimate of drug-likeness (QED) is 0.483. The van der Waals surface area contributed by atoms with Gasteiger partial charge in [0.25, 0.3) is 11.5 Å². The lowest BCUT2D eigenvalue weighted by Gasteiger charge is -2.32. The first-order chi connectivity index (χ1) is 17.1. The molecule has 0 spiro atoms. The third-order valence-electron chi connectivity index (χ3n) is 7.55. The lowest BCUT2D eigenvalue weighted by molar-refractivity contribution is 0.0695. The Morgan fingerprint density at radius 2 is 1.74 bits per heavy atom. The Hall–Kier alpha value is -3.68. The van der Waals surface area contributed by atoms with Gasteiger partial charge in [-0.15, -0.1) is 0 Å². The van der Waals surface area contributed by atoms with Crippen LogP contribution in [0.4, 0.5) is 0 Å². The zero-order valence-electron chi connectivity index (χ0n) is 19.7. The lowest BCUT2D eigenvalue weighted by Crippen LogP contribution is -2.40. The van der Waals surface area contributed by atoms with Crippen molar-refractivity contribution in [1.29, 1.82) is 0 Å². The number of nitrogens with one attached hydrogen (secondary N) is 1. The fraction of sp³-hybridized carbons (Fsp3) is 0.407. The Labute approximate surface area is 202 Å². The summed E-state index contributed by atoms with van der Waals surface area (Å²) >= 11 is 0. The molecule has 1 amide bonds. The second kappa shape index (κ2) is 8.83. The number of aromatic amines is 1. The minimum Gasteiger partial charge on any atom is -0.338 e. The summed E-state index contributed by atoms with van der Waals surface area (Å²) in [5, 5.41) is 0.572. The molecule has 8 nitrogen and oxygen atoms in total. The van der Waals surface area contributed by atoms with E-state index in [4.69, 9.17) is 4.98 Å². The van der Waals surface area contributed by atoms with E-state index in [0.717, 1.165) is 49.0 Å². The zero-order chi connectivity index (χ0) is 23.9. The van der Waals surface area contributed by atoms with E-state index in [1.54, 1.807) is 18.2 Å². The number of aromatic nitrogens is 4. The summed E-state index contributed by atoms with van der Waals surface area (Å²) in [6, 6.07) is 13.0. The number of carbonyl (C=O) groups excluding carboxylic acids is 1. The van der Waals surface area contributed by atoms with Gasteiger partial charge in [-0.05, 0) is 56.0 Å². The third kappa shape index (κ3) is 3.87. The number of hydrogen-bond acceptors (Lipinski definition) is 4. The summed E-state index contributed by atoms with van der Waals surface area (Å²) in [6.07, 6.45) is 6.56. The molecule has 180 valence electrons. The second-order valence-corrected chi connectivity index (χ2v) is 9.72. The molecule has 4 aromatic rings. The highest BCUT2D eigenvalue weighted by Crippen LogP contribution is 2.26. The summed E-state index contributed by atoms with van der Waals surface area (Å²) < 4.78 is 3.65. The molecule has 0 aliphatic carbocycles. The highest BCUT2D eigenvalue weighted by molar-refractivity contribution is 5.97. The molecule has 2 aliphatic rings. The molecule has 35 heavy (non-hydrogen) atoms. The van der Waals surface area contributed by atoms with Crippen molar-refractivity contribution in [2.75, 3.05) is 13.1 Å². The SMILES string of the molecule is O=C(c1ccc2c(=O)n3c(nc2c1)CCCCCC3)N1CCC(n2c(=O)[nH]c3ccccc32)CC1. The van der Waals surface area contributed by atoms with Gasteiger partial charge in [0.2, 0.25) is 0 Å². The van der Waals surface area contributed by atoms with Crippen molar-refractivity contribution < 1.29 is 4.79 Å². The number of piperidine rings is 1. The Balaban J connectivity index is 1.23. The van der Waals surface area contributed by atoms with Gasteiger partial charge >= 0.3 is 5.69 Å². The molecule has 1 N–H and O–H groups in total. The molecule has 0 saturated carbocycles. The van der Waals surface area contributed by atoms with Gasteiger partial charge < -0.3 is 9.88 Å². The number of likely N-dealkylation sites (tertiary alicyclic amines) is 1. The molecule has 2 aromatic carbocycles. The zero-order valence-corrected chi connectivity index (χ0v) is 19.7. The minimum atomic E-state index is -0.0993. The predicted molar refractivity (Wildman–Crippen MR) is 135 cm³/mol. The average Bonchev–Trinajstić information content (AvgIpc) is 3.20. The molecule has 6 rings (SSSR count). The van der Waals surface area contributed by atoms with Crippen LogP contribution in [0.25, 0.3) is 21.9 Å². The number of imidazole rings is 1. The molecule has 0 unspecified atom stereocenters. The van der Waals surface area contributed by atoms with E-state index >= 15 is 0 Å². The van der Waals surface area contributed by atoms with Crippen molar-refractivity contribution in [3.8, 4) is 0 Å². The second-order valence-electron chi connectivity index (χ2n) is 9.72. The van der Waals surface area contributed by atoms with Crippen LogP contribution in [0, 0.1) is 0 Å². The fourth-order valence-corrected chi connectivity index (χ4v) is 5.67. The van der Waals surface area contributed by atoms with Gasteiger partial charge in [0.05, 0.1) is 21.9 Å². The van der Waals surface area contributed by atoms with Crippen LogP contribution in [0.2, 0.25) is 0 Å². The number of aryl methyl sites for hydroxylation is 1. The number of para-hydroxylation sites is 2. The maximum absolute atomic E-state index is 13.3. The molecule has 1 saturated heterocycles. The molecule has 0 atom stereocenters. The van der Waals surface area contributed by atoms with E-state index in [2.05, 4.69) is 4.98 Å². The van der Waals surface area contributed by atoms with Crippen LogP contribution >= 0.6 is 0 Å². The van der Waals surface area contributed by atoms with Crippen LogP contribution in [0.1, 0.15) is 60.7 Å². The normalized spacial score (nSPS) is 17.3. The lowest BCUT2D eigenvalue weighted by atomic mass is 10.0. The van der Waals surface area contributed by atoms with Gasteiger partial charge in [-0.2, -0.15) is 0 Å². The highest BCUT2D eigenvalue weighted by atomic mass is 16.2. The van der Waals surface area contributed by atoms with E-state index in [1.165, 1.54) is 0 Å². The Morgan fingerprint density at radius 3 is 2.60 bits per heavy atom. The van der Waals surface area contributed by atoms with Crippen molar-refractivity contribution in [3.05, 3.63) is 74.7 Å². The van der Waals surface area contributed by atoms with Crippen LogP contribution in [0.5, 0.6) is 0 Å². The van der Waals surface area contributed by atoms with Crippen LogP contribution in [-0.4, -0.2) is 43.0 Å². The minimum absolute atomic E-state index is 0.00381. The van der Waals surface area contributed by atoms with Gasteiger partial charge in [0.15, 0.2) is 0 Å². The smallest absolute Gasteiger partial charge is 0.326 e. The number of benzene rings is 2. The Kier molecular flexibility index (Phi) is 5.51. The van der Waals surface area contributed by atoms with Crippen LogP contribution in [0.3, 0.4) is 0 Å². The number of rotatable bonds is 2. The number of hydrogen-bond donors (Lipinski definition) is 1. The molecular formula is C27H29N5O3. The van der Waals surface area contributed by atoms with Crippen LogP contribution < -0.4 is 11.2 Å². The van der Waals surface area contributed by atoms with E-state index in [9.17, 15) is 14.4 Å². The monoisotopic (exact) mass is 471 g/mol. The summed E-state index contributed by atoms with van der Waals surface area (Å²) in [4.78, 5) is 48.6. The predicted octanol–water partition coefficient (Wildman–Crippen LogP) is 3.63. The van der Waals surface area contributed by atoms with Crippen LogP contribution in [0.15, 0.2) is 52.1 Å². The standard InChI is InChI=1S/C27H29N5O3/c33-25(30-15-12-19(13-16-30)32-23-8-5-4-7-21(23)29-27(32)35)18-10-11-20-22(17-18)28-24-9-3-1-2-6-14-31(24)26(20)34/h4-5,7-8,10-11,17,19H,1-3,6,9,12-16H2,(H,29,35). The van der Waals surface area contributed by atoms with Crippen LogP contribution in [-0.2, 0) is 13.0 Å². The van der Waals surface area contributed by atoms with Crippen molar-refractivity contribution >= 4 is 27.8 Å². The molecule has 8 heteroatoms. The molecule has 2 aromatic heterocycles. The van der Waals surface area contributed by atoms with Gasteiger partial charge in [0.1, 0.15) is 5.82 Å². The first kappa shape index (κ1) is 21.8. The summed E-state index contributed by atoms with van der Waals surface area (Å²) in [6.45, 7) is 1.87. The Bertz CT molecular complexity index is 1540. The van der Waals surface area contributed by atoms with Gasteiger partial charge in [-0.25, -0.2) is 9.78 Å². The van der Waals surface area contributed by atoms with E-state index in [0.29, 0.717) is 48.9 Å². The number of nitrogens with zero attached hydrogens (tertiary/aromatic N) is 4. The average molecular weight is 472 g/mol. The number of carbonyl (C=O) groups is 1. The topological polar surface area (TPSA) is 93.0 Å². The highest BCUT2D eigenvalue weighted by Gasteiger charge is 2.27. The summed E-state index contributed by atoms with van der Waals surface area (Å²) in [7, 11) is 0. The van der Waals surface area contributed by atoms with E-state index in [-0.39, 0.29) is 23.2 Å². The Morgan fingerprint density at radius 1 is 0.943 bits per heavy atom.